The van der Waals surface area contributed by atoms with Crippen molar-refractivity contribution in [3.05, 3.63) is 47.5 Å². The van der Waals surface area contributed by atoms with Crippen molar-refractivity contribution in [2.75, 3.05) is 19.4 Å². The van der Waals surface area contributed by atoms with Gasteiger partial charge >= 0.3 is 0 Å². The smallest absolute Gasteiger partial charge is 0.126 e. The Morgan fingerprint density at radius 2 is 1.84 bits per heavy atom. The quantitative estimate of drug-likeness (QED) is 0.827. The third-order valence-corrected chi connectivity index (χ3v) is 3.20. The zero-order valence-corrected chi connectivity index (χ0v) is 11.4. The fourth-order valence-electron chi connectivity index (χ4n) is 2.19. The second kappa shape index (κ2) is 5.76. The topological polar surface area (TPSA) is 61.3 Å². The van der Waals surface area contributed by atoms with Crippen LogP contribution < -0.4 is 16.2 Å². The van der Waals surface area contributed by atoms with Gasteiger partial charge in [0.05, 0.1) is 7.11 Å². The first-order chi connectivity index (χ1) is 9.15. The van der Waals surface area contributed by atoms with E-state index in [-0.39, 0.29) is 0 Å². The monoisotopic (exact) mass is 256 g/mol. The number of benzene rings is 2. The molecule has 0 bridgehead atoms. The van der Waals surface area contributed by atoms with Crippen LogP contribution in [-0.2, 0) is 6.42 Å². The summed E-state index contributed by atoms with van der Waals surface area (Å²) in [4.78, 5) is 0. The summed E-state index contributed by atoms with van der Waals surface area (Å²) >= 11 is 0. The Morgan fingerprint density at radius 3 is 2.53 bits per heavy atom. The molecular formula is C16H20N2O. The molecule has 0 saturated carbocycles. The summed E-state index contributed by atoms with van der Waals surface area (Å²) in [7, 11) is 1.67. The number of ether oxygens (including phenoxy) is 1. The number of hydrogen-bond donors (Lipinski definition) is 2. The van der Waals surface area contributed by atoms with Crippen LogP contribution in [0.4, 0.5) is 5.69 Å². The Labute approximate surface area is 114 Å². The predicted molar refractivity (Wildman–Crippen MR) is 80.3 cm³/mol. The van der Waals surface area contributed by atoms with E-state index < -0.39 is 0 Å². The lowest BCUT2D eigenvalue weighted by molar-refractivity contribution is 0.416. The number of nitrogens with two attached hydrogens (primary N) is 2. The molecule has 0 radical (unpaired) electrons. The summed E-state index contributed by atoms with van der Waals surface area (Å²) in [6.45, 7) is 2.69. The molecule has 0 spiro atoms. The normalized spacial score (nSPS) is 10.5. The maximum atomic E-state index is 6.09. The molecule has 0 aliphatic carbocycles. The van der Waals surface area contributed by atoms with E-state index in [0.717, 1.165) is 29.0 Å². The first-order valence-corrected chi connectivity index (χ1v) is 6.39. The molecule has 0 aromatic heterocycles. The van der Waals surface area contributed by atoms with Crippen molar-refractivity contribution in [2.24, 2.45) is 5.73 Å². The van der Waals surface area contributed by atoms with Gasteiger partial charge in [0, 0.05) is 16.8 Å². The van der Waals surface area contributed by atoms with Gasteiger partial charge in [0.2, 0.25) is 0 Å². The van der Waals surface area contributed by atoms with Crippen LogP contribution >= 0.6 is 0 Å². The van der Waals surface area contributed by atoms with Crippen LogP contribution in [0.1, 0.15) is 11.1 Å². The number of aryl methyl sites for hydroxylation is 1. The van der Waals surface area contributed by atoms with Crippen molar-refractivity contribution in [1.29, 1.82) is 0 Å². The van der Waals surface area contributed by atoms with E-state index in [0.29, 0.717) is 6.54 Å². The highest BCUT2D eigenvalue weighted by Crippen LogP contribution is 2.35. The van der Waals surface area contributed by atoms with E-state index in [1.807, 2.05) is 24.3 Å². The number of hydrogen-bond acceptors (Lipinski definition) is 3. The molecule has 4 N–H and O–H groups in total. The van der Waals surface area contributed by atoms with Crippen molar-refractivity contribution >= 4 is 5.69 Å². The summed E-state index contributed by atoms with van der Waals surface area (Å²) in [5.74, 6) is 0.832. The third-order valence-electron chi connectivity index (χ3n) is 3.20. The summed E-state index contributed by atoms with van der Waals surface area (Å²) in [5.41, 5.74) is 16.9. The Morgan fingerprint density at radius 1 is 1.05 bits per heavy atom. The van der Waals surface area contributed by atoms with Gasteiger partial charge in [0.1, 0.15) is 5.75 Å². The van der Waals surface area contributed by atoms with Crippen LogP contribution in [0, 0.1) is 6.92 Å². The van der Waals surface area contributed by atoms with Gasteiger partial charge in [-0.2, -0.15) is 0 Å². The zero-order valence-electron chi connectivity index (χ0n) is 11.4. The molecule has 0 amide bonds. The zero-order chi connectivity index (χ0) is 13.8. The lowest BCUT2D eigenvalue weighted by Crippen LogP contribution is -2.03. The Bertz CT molecular complexity index is 579. The van der Waals surface area contributed by atoms with Crippen molar-refractivity contribution in [3.8, 4) is 16.9 Å². The Hall–Kier alpha value is -2.00. The molecule has 0 aliphatic heterocycles. The van der Waals surface area contributed by atoms with E-state index in [9.17, 15) is 0 Å². The molecule has 0 heterocycles. The second-order valence-corrected chi connectivity index (χ2v) is 4.66. The van der Waals surface area contributed by atoms with Crippen LogP contribution in [0.25, 0.3) is 11.1 Å². The first-order valence-electron chi connectivity index (χ1n) is 6.39. The van der Waals surface area contributed by atoms with Gasteiger partial charge in [-0.25, -0.2) is 0 Å². The third kappa shape index (κ3) is 2.88. The van der Waals surface area contributed by atoms with Crippen LogP contribution in [0.2, 0.25) is 0 Å². The minimum absolute atomic E-state index is 0.634. The van der Waals surface area contributed by atoms with Crippen molar-refractivity contribution in [3.63, 3.8) is 0 Å². The summed E-state index contributed by atoms with van der Waals surface area (Å²) in [6, 6.07) is 12.1. The van der Waals surface area contributed by atoms with Crippen molar-refractivity contribution in [1.82, 2.24) is 0 Å². The largest absolute Gasteiger partial charge is 0.496 e. The van der Waals surface area contributed by atoms with Gasteiger partial charge < -0.3 is 16.2 Å². The average Bonchev–Trinajstić information content (AvgIpc) is 2.42. The fourth-order valence-corrected chi connectivity index (χ4v) is 2.19. The maximum absolute atomic E-state index is 6.09. The number of anilines is 1. The molecule has 100 valence electrons. The molecule has 2 rings (SSSR count). The molecule has 2 aromatic carbocycles. The highest BCUT2D eigenvalue weighted by atomic mass is 16.5. The molecule has 19 heavy (non-hydrogen) atoms. The summed E-state index contributed by atoms with van der Waals surface area (Å²) in [6.07, 6.45) is 0.850. The van der Waals surface area contributed by atoms with E-state index >= 15 is 0 Å². The van der Waals surface area contributed by atoms with E-state index in [4.69, 9.17) is 16.2 Å². The van der Waals surface area contributed by atoms with E-state index in [2.05, 4.69) is 19.1 Å². The van der Waals surface area contributed by atoms with Gasteiger partial charge in [-0.15, -0.1) is 0 Å². The number of methoxy groups -OCH3 is 1. The molecule has 0 saturated heterocycles. The van der Waals surface area contributed by atoms with E-state index in [1.165, 1.54) is 11.1 Å². The fraction of sp³-hybridized carbons (Fsp3) is 0.250. The SMILES string of the molecule is COc1ccc(CCN)cc1-c1cc(C)ccc1N. The molecule has 0 aliphatic rings. The number of nitrogen functional groups attached to an aromatic ring is 1. The predicted octanol–water partition coefficient (Wildman–Crippen LogP) is 2.75. The second-order valence-electron chi connectivity index (χ2n) is 4.66. The lowest BCUT2D eigenvalue weighted by atomic mass is 9.98. The molecule has 0 atom stereocenters. The first kappa shape index (κ1) is 13.4. The van der Waals surface area contributed by atoms with Crippen LogP contribution in [0.5, 0.6) is 5.75 Å². The van der Waals surface area contributed by atoms with Gasteiger partial charge in [0.15, 0.2) is 0 Å². The summed E-state index contributed by atoms with van der Waals surface area (Å²) in [5, 5.41) is 0. The van der Waals surface area contributed by atoms with Gasteiger partial charge in [0.25, 0.3) is 0 Å². The van der Waals surface area contributed by atoms with Crippen molar-refractivity contribution in [2.45, 2.75) is 13.3 Å². The van der Waals surface area contributed by atoms with Crippen LogP contribution in [0.15, 0.2) is 36.4 Å². The maximum Gasteiger partial charge on any atom is 0.126 e. The van der Waals surface area contributed by atoms with Gasteiger partial charge in [-0.05, 0) is 49.7 Å². The van der Waals surface area contributed by atoms with Gasteiger partial charge in [-0.1, -0.05) is 17.7 Å². The molecule has 2 aromatic rings. The number of rotatable bonds is 4. The van der Waals surface area contributed by atoms with Crippen molar-refractivity contribution < 1.29 is 4.74 Å². The molecule has 3 nitrogen and oxygen atoms in total. The minimum Gasteiger partial charge on any atom is -0.496 e. The molecule has 3 heteroatoms. The van der Waals surface area contributed by atoms with Crippen LogP contribution in [0.3, 0.4) is 0 Å². The average molecular weight is 256 g/mol. The van der Waals surface area contributed by atoms with Gasteiger partial charge in [-0.3, -0.25) is 0 Å². The lowest BCUT2D eigenvalue weighted by Gasteiger charge is -2.13. The van der Waals surface area contributed by atoms with Crippen LogP contribution in [-0.4, -0.2) is 13.7 Å². The standard InChI is InChI=1S/C16H20N2O/c1-11-3-5-15(18)13(9-11)14-10-12(7-8-17)4-6-16(14)19-2/h3-6,9-10H,7-8,17-18H2,1-2H3. The highest BCUT2D eigenvalue weighted by molar-refractivity contribution is 5.81. The Kier molecular flexibility index (Phi) is 4.07. The molecule has 0 unspecified atom stereocenters. The highest BCUT2D eigenvalue weighted by Gasteiger charge is 2.10. The summed E-state index contributed by atoms with van der Waals surface area (Å²) < 4.78 is 5.44. The molecular weight excluding hydrogens is 236 g/mol. The molecule has 0 fully saturated rings. The Balaban J connectivity index is 2.58. The minimum atomic E-state index is 0.634. The van der Waals surface area contributed by atoms with E-state index in [1.54, 1.807) is 7.11 Å².